The van der Waals surface area contributed by atoms with Gasteiger partial charge in [0.15, 0.2) is 12.4 Å². The van der Waals surface area contributed by atoms with E-state index in [1.807, 2.05) is 30.3 Å². The van der Waals surface area contributed by atoms with E-state index in [2.05, 4.69) is 0 Å². The maximum absolute atomic E-state index is 10.1. The molecule has 4 N–H and O–H groups in total. The normalized spacial score (nSPS) is 32.1. The number of hydrogen-bond acceptors (Lipinski definition) is 6. The highest BCUT2D eigenvalue weighted by Gasteiger charge is 2.45. The second-order valence-corrected chi connectivity index (χ2v) is 5.29. The van der Waals surface area contributed by atoms with Crippen LogP contribution < -0.4 is 4.74 Å². The molecule has 118 valence electrons. The fourth-order valence-corrected chi connectivity index (χ4v) is 2.64. The Bertz CT molecular complexity index is 640. The summed E-state index contributed by atoms with van der Waals surface area (Å²) in [5, 5.41) is 40.8. The van der Waals surface area contributed by atoms with Crippen LogP contribution in [0.15, 0.2) is 42.5 Å². The number of fused-ring (bicyclic) bond motifs is 1. The highest BCUT2D eigenvalue weighted by Crippen LogP contribution is 2.29. The van der Waals surface area contributed by atoms with E-state index < -0.39 is 37.3 Å². The standard InChI is InChI=1S/C16H18O6/c17-8-12-13(18)14(19)15(16(20)22-12)21-11-7-3-5-9-4-1-2-6-10(9)11/h1-7,12-20H,8H2/t12-,13+,14+,15-,16-/m1/s1. The quantitative estimate of drug-likeness (QED) is 0.638. The minimum atomic E-state index is -1.45. The SMILES string of the molecule is OC[C@H]1O[C@@H](O)[C@H](Oc2cccc3ccccc23)[C@@H](O)[C@H]1O. The summed E-state index contributed by atoms with van der Waals surface area (Å²) in [4.78, 5) is 0. The molecule has 5 atom stereocenters. The van der Waals surface area contributed by atoms with E-state index >= 15 is 0 Å². The summed E-state index contributed by atoms with van der Waals surface area (Å²) in [5.41, 5.74) is 0. The van der Waals surface area contributed by atoms with Gasteiger partial charge in [-0.2, -0.15) is 0 Å². The van der Waals surface area contributed by atoms with Gasteiger partial charge < -0.3 is 29.9 Å². The third-order valence-electron chi connectivity index (χ3n) is 3.86. The summed E-state index contributed by atoms with van der Waals surface area (Å²) >= 11 is 0. The average molecular weight is 306 g/mol. The molecule has 1 aliphatic rings. The van der Waals surface area contributed by atoms with Crippen molar-refractivity contribution < 1.29 is 29.9 Å². The molecule has 0 amide bonds. The molecule has 22 heavy (non-hydrogen) atoms. The molecule has 0 spiro atoms. The molecule has 6 heteroatoms. The van der Waals surface area contributed by atoms with Crippen LogP contribution >= 0.6 is 0 Å². The Morgan fingerprint density at radius 1 is 0.955 bits per heavy atom. The Balaban J connectivity index is 1.88. The van der Waals surface area contributed by atoms with Crippen molar-refractivity contribution in [3.8, 4) is 5.75 Å². The number of aliphatic hydroxyl groups excluding tert-OH is 4. The first-order valence-corrected chi connectivity index (χ1v) is 7.07. The van der Waals surface area contributed by atoms with Gasteiger partial charge in [0, 0.05) is 5.39 Å². The predicted octanol–water partition coefficient (Wildman–Crippen LogP) is 0.0185. The molecule has 3 rings (SSSR count). The molecule has 6 nitrogen and oxygen atoms in total. The van der Waals surface area contributed by atoms with Gasteiger partial charge in [-0.25, -0.2) is 0 Å². The van der Waals surface area contributed by atoms with Crippen LogP contribution in [-0.2, 0) is 4.74 Å². The van der Waals surface area contributed by atoms with Crippen LogP contribution in [0.2, 0.25) is 0 Å². The lowest BCUT2D eigenvalue weighted by molar-refractivity contribution is -0.280. The van der Waals surface area contributed by atoms with Crippen LogP contribution in [0, 0.1) is 0 Å². The van der Waals surface area contributed by atoms with Crippen LogP contribution in [0.25, 0.3) is 10.8 Å². The molecule has 0 bridgehead atoms. The first-order valence-electron chi connectivity index (χ1n) is 7.07. The van der Waals surface area contributed by atoms with E-state index in [0.29, 0.717) is 5.75 Å². The molecule has 1 fully saturated rings. The maximum atomic E-state index is 10.1. The van der Waals surface area contributed by atoms with Crippen molar-refractivity contribution in [2.75, 3.05) is 6.61 Å². The lowest BCUT2D eigenvalue weighted by Crippen LogP contribution is -2.60. The molecule has 0 unspecified atom stereocenters. The van der Waals surface area contributed by atoms with E-state index in [4.69, 9.17) is 14.6 Å². The van der Waals surface area contributed by atoms with Gasteiger partial charge in [-0.05, 0) is 11.5 Å². The highest BCUT2D eigenvalue weighted by molar-refractivity contribution is 5.88. The molecule has 0 aromatic heterocycles. The van der Waals surface area contributed by atoms with Crippen molar-refractivity contribution in [3.63, 3.8) is 0 Å². The Hall–Kier alpha value is -1.70. The number of benzene rings is 2. The van der Waals surface area contributed by atoms with E-state index in [-0.39, 0.29) is 0 Å². The number of hydrogen-bond donors (Lipinski definition) is 4. The van der Waals surface area contributed by atoms with Gasteiger partial charge in [0.05, 0.1) is 6.61 Å². The molecule has 2 aromatic carbocycles. The zero-order chi connectivity index (χ0) is 15.7. The monoisotopic (exact) mass is 306 g/mol. The molecule has 1 heterocycles. The van der Waals surface area contributed by atoms with Gasteiger partial charge >= 0.3 is 0 Å². The number of aliphatic hydroxyl groups is 4. The molecule has 0 aliphatic carbocycles. The van der Waals surface area contributed by atoms with Crippen LogP contribution in [0.1, 0.15) is 0 Å². The van der Waals surface area contributed by atoms with Gasteiger partial charge in [-0.15, -0.1) is 0 Å². The largest absolute Gasteiger partial charge is 0.482 e. The van der Waals surface area contributed by atoms with Crippen molar-refractivity contribution in [2.45, 2.75) is 30.7 Å². The van der Waals surface area contributed by atoms with E-state index in [0.717, 1.165) is 10.8 Å². The van der Waals surface area contributed by atoms with Gasteiger partial charge in [0.1, 0.15) is 24.1 Å². The van der Waals surface area contributed by atoms with E-state index in [1.165, 1.54) is 0 Å². The Kier molecular flexibility index (Phi) is 4.28. The zero-order valence-corrected chi connectivity index (χ0v) is 11.7. The lowest BCUT2D eigenvalue weighted by atomic mass is 9.99. The third kappa shape index (κ3) is 2.67. The summed E-state index contributed by atoms with van der Waals surface area (Å²) in [6, 6.07) is 13.0. The van der Waals surface area contributed by atoms with Crippen LogP contribution in [0.5, 0.6) is 5.75 Å². The molecular weight excluding hydrogens is 288 g/mol. The molecule has 2 aromatic rings. The van der Waals surface area contributed by atoms with E-state index in [9.17, 15) is 15.3 Å². The highest BCUT2D eigenvalue weighted by atomic mass is 16.7. The fourth-order valence-electron chi connectivity index (χ4n) is 2.64. The summed E-state index contributed by atoms with van der Waals surface area (Å²) in [7, 11) is 0. The first kappa shape index (κ1) is 15.2. The smallest absolute Gasteiger partial charge is 0.195 e. The number of ether oxygens (including phenoxy) is 2. The summed E-state index contributed by atoms with van der Waals surface area (Å²) in [6.07, 6.45) is -6.36. The molecule has 1 saturated heterocycles. The van der Waals surface area contributed by atoms with E-state index in [1.54, 1.807) is 12.1 Å². The molecule has 1 aliphatic heterocycles. The summed E-state index contributed by atoms with van der Waals surface area (Å²) in [6.45, 7) is -0.504. The Morgan fingerprint density at radius 2 is 1.68 bits per heavy atom. The van der Waals surface area contributed by atoms with Crippen molar-refractivity contribution >= 4 is 10.8 Å². The third-order valence-corrected chi connectivity index (χ3v) is 3.86. The van der Waals surface area contributed by atoms with Crippen molar-refractivity contribution in [1.82, 2.24) is 0 Å². The maximum Gasteiger partial charge on any atom is 0.195 e. The van der Waals surface area contributed by atoms with Gasteiger partial charge in [0.25, 0.3) is 0 Å². The molecule has 0 radical (unpaired) electrons. The second kappa shape index (κ2) is 6.20. The van der Waals surface area contributed by atoms with Gasteiger partial charge in [0.2, 0.25) is 0 Å². The van der Waals surface area contributed by atoms with Crippen LogP contribution in [0.4, 0.5) is 0 Å². The predicted molar refractivity (Wildman–Crippen MR) is 78.3 cm³/mol. The van der Waals surface area contributed by atoms with Crippen LogP contribution in [0.3, 0.4) is 0 Å². The Morgan fingerprint density at radius 3 is 2.45 bits per heavy atom. The van der Waals surface area contributed by atoms with Gasteiger partial charge in [-0.1, -0.05) is 36.4 Å². The second-order valence-electron chi connectivity index (χ2n) is 5.29. The fraction of sp³-hybridized carbons (Fsp3) is 0.375. The van der Waals surface area contributed by atoms with Crippen molar-refractivity contribution in [1.29, 1.82) is 0 Å². The van der Waals surface area contributed by atoms with Crippen molar-refractivity contribution in [2.24, 2.45) is 0 Å². The summed E-state index contributed by atoms with van der Waals surface area (Å²) in [5.74, 6) is 0.472. The zero-order valence-electron chi connectivity index (χ0n) is 11.7. The first-order chi connectivity index (χ1) is 10.6. The topological polar surface area (TPSA) is 99.4 Å². The van der Waals surface area contributed by atoms with Crippen molar-refractivity contribution in [3.05, 3.63) is 42.5 Å². The lowest BCUT2D eigenvalue weighted by Gasteiger charge is -2.39. The number of rotatable bonds is 3. The molecular formula is C16H18O6. The molecule has 0 saturated carbocycles. The minimum Gasteiger partial charge on any atom is -0.482 e. The average Bonchev–Trinajstić information content (AvgIpc) is 2.55. The minimum absolute atomic E-state index is 0.472. The van der Waals surface area contributed by atoms with Crippen LogP contribution in [-0.4, -0.2) is 57.7 Å². The van der Waals surface area contributed by atoms with Gasteiger partial charge in [-0.3, -0.25) is 0 Å². The summed E-state index contributed by atoms with van der Waals surface area (Å²) < 4.78 is 10.8. The Labute approximate surface area is 127 Å².